The maximum atomic E-state index is 14.1. The zero-order valence-electron chi connectivity index (χ0n) is 13.3. The van der Waals surface area contributed by atoms with Gasteiger partial charge < -0.3 is 9.80 Å². The number of aromatic nitrogens is 2. The molecule has 0 aromatic carbocycles. The molecule has 4 rings (SSSR count). The van der Waals surface area contributed by atoms with E-state index in [1.54, 1.807) is 11.3 Å². The number of likely N-dealkylation sites (tertiary alicyclic amines) is 1. The van der Waals surface area contributed by atoms with Crippen LogP contribution in [0.1, 0.15) is 19.3 Å². The average molecular weight is 332 g/mol. The van der Waals surface area contributed by atoms with Crippen molar-refractivity contribution >= 4 is 17.3 Å². The summed E-state index contributed by atoms with van der Waals surface area (Å²) in [5.41, 5.74) is 1.60. The van der Waals surface area contributed by atoms with Gasteiger partial charge in [0.15, 0.2) is 5.82 Å². The van der Waals surface area contributed by atoms with E-state index in [2.05, 4.69) is 26.8 Å². The predicted molar refractivity (Wildman–Crippen MR) is 91.3 cm³/mol. The Balaban J connectivity index is 1.59. The number of hydrogen-bond donors (Lipinski definition) is 0. The Morgan fingerprint density at radius 3 is 2.96 bits per heavy atom. The molecule has 4 nitrogen and oxygen atoms in total. The van der Waals surface area contributed by atoms with Gasteiger partial charge in [0.1, 0.15) is 5.69 Å². The van der Waals surface area contributed by atoms with Crippen molar-refractivity contribution in [3.63, 3.8) is 0 Å². The van der Waals surface area contributed by atoms with Crippen LogP contribution in [0.4, 0.5) is 10.3 Å². The molecule has 0 radical (unpaired) electrons. The largest absolute Gasteiger partial charge is 0.340 e. The lowest BCUT2D eigenvalue weighted by molar-refractivity contribution is 0.128. The fourth-order valence-corrected chi connectivity index (χ4v) is 4.65. The molecule has 1 unspecified atom stereocenters. The summed E-state index contributed by atoms with van der Waals surface area (Å²) in [6.07, 6.45) is 5.01. The number of halogens is 1. The lowest BCUT2D eigenvalue weighted by atomic mass is 9.79. The van der Waals surface area contributed by atoms with Gasteiger partial charge >= 0.3 is 0 Å². The Morgan fingerprint density at radius 1 is 1.26 bits per heavy atom. The van der Waals surface area contributed by atoms with E-state index in [4.69, 9.17) is 0 Å². The van der Waals surface area contributed by atoms with E-state index in [0.29, 0.717) is 17.1 Å². The first-order chi connectivity index (χ1) is 11.2. The second kappa shape index (κ2) is 5.83. The smallest absolute Gasteiger partial charge is 0.226 e. The first-order valence-corrected chi connectivity index (χ1v) is 9.08. The third kappa shape index (κ3) is 2.85. The van der Waals surface area contributed by atoms with Crippen molar-refractivity contribution in [1.82, 2.24) is 14.9 Å². The minimum atomic E-state index is -0.349. The second-order valence-corrected chi connectivity index (χ2v) is 7.67. The average Bonchev–Trinajstić information content (AvgIpc) is 3.18. The molecule has 4 heterocycles. The molecule has 122 valence electrons. The number of piperidine rings is 1. The molecule has 0 aliphatic carbocycles. The molecule has 0 bridgehead atoms. The SMILES string of the molecule is CN1CCCC2(CCN(c3ncc(F)c(-c4ccsc4)n3)C2)C1. The summed E-state index contributed by atoms with van der Waals surface area (Å²) >= 11 is 1.55. The second-order valence-electron chi connectivity index (χ2n) is 6.89. The van der Waals surface area contributed by atoms with E-state index in [9.17, 15) is 4.39 Å². The van der Waals surface area contributed by atoms with Crippen molar-refractivity contribution in [3.05, 3.63) is 28.8 Å². The van der Waals surface area contributed by atoms with Crippen LogP contribution in [0.2, 0.25) is 0 Å². The summed E-state index contributed by atoms with van der Waals surface area (Å²) in [5, 5.41) is 3.87. The minimum Gasteiger partial charge on any atom is -0.340 e. The Bertz CT molecular complexity index is 690. The van der Waals surface area contributed by atoms with Crippen LogP contribution in [0.15, 0.2) is 23.0 Å². The van der Waals surface area contributed by atoms with Gasteiger partial charge in [-0.05, 0) is 44.3 Å². The monoisotopic (exact) mass is 332 g/mol. The molecular weight excluding hydrogens is 311 g/mol. The third-order valence-corrected chi connectivity index (χ3v) is 5.78. The van der Waals surface area contributed by atoms with E-state index < -0.39 is 0 Å². The van der Waals surface area contributed by atoms with E-state index in [0.717, 1.165) is 25.2 Å². The molecule has 23 heavy (non-hydrogen) atoms. The van der Waals surface area contributed by atoms with Crippen LogP contribution in [0.3, 0.4) is 0 Å². The molecule has 2 fully saturated rings. The van der Waals surface area contributed by atoms with Crippen LogP contribution in [-0.4, -0.2) is 48.1 Å². The molecule has 6 heteroatoms. The fourth-order valence-electron chi connectivity index (χ4n) is 4.01. The maximum Gasteiger partial charge on any atom is 0.226 e. The molecule has 1 atom stereocenters. The van der Waals surface area contributed by atoms with Crippen molar-refractivity contribution in [1.29, 1.82) is 0 Å². The molecule has 0 saturated carbocycles. The number of nitrogens with zero attached hydrogens (tertiary/aromatic N) is 4. The van der Waals surface area contributed by atoms with Crippen LogP contribution in [0.5, 0.6) is 0 Å². The molecule has 2 aromatic heterocycles. The number of thiophene rings is 1. The molecule has 0 amide bonds. The van der Waals surface area contributed by atoms with Gasteiger partial charge in [0, 0.05) is 36.0 Å². The van der Waals surface area contributed by atoms with E-state index in [1.165, 1.54) is 32.0 Å². The third-order valence-electron chi connectivity index (χ3n) is 5.10. The fraction of sp³-hybridized carbons (Fsp3) is 0.529. The highest BCUT2D eigenvalue weighted by atomic mass is 32.1. The van der Waals surface area contributed by atoms with Gasteiger partial charge in [0.05, 0.1) is 6.20 Å². The predicted octanol–water partition coefficient (Wildman–Crippen LogP) is 3.27. The van der Waals surface area contributed by atoms with E-state index in [-0.39, 0.29) is 5.82 Å². The first kappa shape index (κ1) is 15.0. The van der Waals surface area contributed by atoms with Gasteiger partial charge in [-0.1, -0.05) is 0 Å². The molecule has 2 aromatic rings. The highest BCUT2D eigenvalue weighted by Gasteiger charge is 2.41. The highest BCUT2D eigenvalue weighted by Crippen LogP contribution is 2.39. The van der Waals surface area contributed by atoms with E-state index >= 15 is 0 Å². The molecule has 2 aliphatic heterocycles. The lowest BCUT2D eigenvalue weighted by Crippen LogP contribution is -2.43. The van der Waals surface area contributed by atoms with Gasteiger partial charge in [0.25, 0.3) is 0 Å². The standard InChI is InChI=1S/C17H21FN4S/c1-21-6-2-4-17(11-21)5-7-22(12-17)16-19-9-14(18)15(20-16)13-3-8-23-10-13/h3,8-10H,2,4-7,11-12H2,1H3. The highest BCUT2D eigenvalue weighted by molar-refractivity contribution is 7.08. The van der Waals surface area contributed by atoms with Gasteiger partial charge in [-0.25, -0.2) is 14.4 Å². The number of hydrogen-bond acceptors (Lipinski definition) is 5. The minimum absolute atomic E-state index is 0.349. The molecule has 0 N–H and O–H groups in total. The zero-order valence-corrected chi connectivity index (χ0v) is 14.2. The van der Waals surface area contributed by atoms with Crippen molar-refractivity contribution in [2.75, 3.05) is 38.1 Å². The van der Waals surface area contributed by atoms with Crippen molar-refractivity contribution in [2.24, 2.45) is 5.41 Å². The van der Waals surface area contributed by atoms with E-state index in [1.807, 2.05) is 16.8 Å². The molecular formula is C17H21FN4S. The van der Waals surface area contributed by atoms with Crippen molar-refractivity contribution in [2.45, 2.75) is 19.3 Å². The Hall–Kier alpha value is -1.53. The summed E-state index contributed by atoms with van der Waals surface area (Å²) in [7, 11) is 2.20. The van der Waals surface area contributed by atoms with Crippen molar-refractivity contribution < 1.29 is 4.39 Å². The van der Waals surface area contributed by atoms with Gasteiger partial charge in [0.2, 0.25) is 5.95 Å². The van der Waals surface area contributed by atoms with Gasteiger partial charge in [-0.2, -0.15) is 11.3 Å². The summed E-state index contributed by atoms with van der Waals surface area (Å²) in [6.45, 7) is 4.27. The van der Waals surface area contributed by atoms with Crippen LogP contribution < -0.4 is 4.90 Å². The Kier molecular flexibility index (Phi) is 3.81. The summed E-state index contributed by atoms with van der Waals surface area (Å²) in [4.78, 5) is 13.4. The Labute approximate surface area is 140 Å². The number of rotatable bonds is 2. The van der Waals surface area contributed by atoms with Crippen LogP contribution in [0.25, 0.3) is 11.3 Å². The number of anilines is 1. The zero-order chi connectivity index (χ0) is 15.9. The first-order valence-electron chi connectivity index (χ1n) is 8.14. The summed E-state index contributed by atoms with van der Waals surface area (Å²) in [5.74, 6) is 0.316. The maximum absolute atomic E-state index is 14.1. The molecule has 1 spiro atoms. The lowest BCUT2D eigenvalue weighted by Gasteiger charge is -2.38. The topological polar surface area (TPSA) is 32.3 Å². The molecule has 2 aliphatic rings. The van der Waals surface area contributed by atoms with Crippen LogP contribution in [-0.2, 0) is 0 Å². The molecule has 2 saturated heterocycles. The normalized spacial score (nSPS) is 25.4. The van der Waals surface area contributed by atoms with Gasteiger partial charge in [-0.15, -0.1) is 0 Å². The van der Waals surface area contributed by atoms with Crippen LogP contribution >= 0.6 is 11.3 Å². The summed E-state index contributed by atoms with van der Waals surface area (Å²) in [6, 6.07) is 1.90. The van der Waals surface area contributed by atoms with Crippen molar-refractivity contribution in [3.8, 4) is 11.3 Å². The quantitative estimate of drug-likeness (QED) is 0.845. The van der Waals surface area contributed by atoms with Gasteiger partial charge in [-0.3, -0.25) is 0 Å². The van der Waals surface area contributed by atoms with Crippen LogP contribution in [0, 0.1) is 11.2 Å². The Morgan fingerprint density at radius 2 is 2.17 bits per heavy atom. The summed E-state index contributed by atoms with van der Waals surface area (Å²) < 4.78 is 14.1.